The molecular weight excluding hydrogens is 358 g/mol. The SMILES string of the molecule is CCn1ccnc1N1CCN(C(=O)c2ccc(N3C(=O)CCC3=O)cc2)CC1. The second-order valence-electron chi connectivity index (χ2n) is 6.96. The molecule has 4 rings (SSSR count). The van der Waals surface area contributed by atoms with Crippen LogP contribution in [0.25, 0.3) is 0 Å². The quantitative estimate of drug-likeness (QED) is 0.751. The van der Waals surface area contributed by atoms with E-state index in [1.54, 1.807) is 30.5 Å². The Morgan fingerprint density at radius 1 is 1.00 bits per heavy atom. The van der Waals surface area contributed by atoms with Crippen molar-refractivity contribution in [3.63, 3.8) is 0 Å². The molecule has 0 spiro atoms. The lowest BCUT2D eigenvalue weighted by Crippen LogP contribution is -2.49. The van der Waals surface area contributed by atoms with Crippen LogP contribution in [0.15, 0.2) is 36.7 Å². The van der Waals surface area contributed by atoms with Crippen LogP contribution < -0.4 is 9.80 Å². The van der Waals surface area contributed by atoms with Crippen LogP contribution in [-0.4, -0.2) is 58.4 Å². The predicted molar refractivity (Wildman–Crippen MR) is 104 cm³/mol. The topological polar surface area (TPSA) is 78.8 Å². The molecule has 2 aromatic rings. The molecule has 0 atom stereocenters. The number of aryl methyl sites for hydroxylation is 1. The minimum absolute atomic E-state index is 0.0379. The Bertz CT molecular complexity index is 881. The van der Waals surface area contributed by atoms with Crippen LogP contribution in [0.2, 0.25) is 0 Å². The van der Waals surface area contributed by atoms with Gasteiger partial charge in [-0.25, -0.2) is 4.98 Å². The van der Waals surface area contributed by atoms with E-state index in [1.807, 2.05) is 11.1 Å². The Kier molecular flexibility index (Phi) is 4.85. The summed E-state index contributed by atoms with van der Waals surface area (Å²) in [6.45, 7) is 5.66. The molecule has 0 N–H and O–H groups in total. The van der Waals surface area contributed by atoms with E-state index in [0.717, 1.165) is 25.6 Å². The Morgan fingerprint density at radius 2 is 1.64 bits per heavy atom. The molecule has 1 aromatic carbocycles. The minimum atomic E-state index is -0.189. The second-order valence-corrected chi connectivity index (χ2v) is 6.96. The third-order valence-corrected chi connectivity index (χ3v) is 5.31. The molecule has 28 heavy (non-hydrogen) atoms. The molecule has 0 unspecified atom stereocenters. The maximum Gasteiger partial charge on any atom is 0.253 e. The summed E-state index contributed by atoms with van der Waals surface area (Å²) in [5, 5.41) is 0. The van der Waals surface area contributed by atoms with E-state index in [9.17, 15) is 14.4 Å². The smallest absolute Gasteiger partial charge is 0.253 e. The van der Waals surface area contributed by atoms with Gasteiger partial charge in [-0.05, 0) is 31.2 Å². The maximum absolute atomic E-state index is 12.8. The number of piperazine rings is 1. The van der Waals surface area contributed by atoms with Crippen LogP contribution in [0.1, 0.15) is 30.1 Å². The van der Waals surface area contributed by atoms with Gasteiger partial charge in [-0.1, -0.05) is 0 Å². The summed E-state index contributed by atoms with van der Waals surface area (Å²) in [6, 6.07) is 6.71. The zero-order valence-corrected chi connectivity index (χ0v) is 15.9. The first kappa shape index (κ1) is 18.2. The van der Waals surface area contributed by atoms with Crippen LogP contribution in [0.3, 0.4) is 0 Å². The molecule has 0 radical (unpaired) electrons. The van der Waals surface area contributed by atoms with Crippen LogP contribution >= 0.6 is 0 Å². The standard InChI is InChI=1S/C20H23N5O3/c1-2-22-10-9-21-20(22)24-13-11-23(12-14-24)19(28)15-3-5-16(6-4-15)25-17(26)7-8-18(25)27/h3-6,9-10H,2,7-8,11-14H2,1H3. The number of carbonyl (C=O) groups excluding carboxylic acids is 3. The number of hydrogen-bond donors (Lipinski definition) is 0. The molecule has 2 fully saturated rings. The average molecular weight is 381 g/mol. The predicted octanol–water partition coefficient (Wildman–Crippen LogP) is 1.52. The van der Waals surface area contributed by atoms with E-state index in [-0.39, 0.29) is 30.6 Å². The highest BCUT2D eigenvalue weighted by molar-refractivity contribution is 6.19. The summed E-state index contributed by atoms with van der Waals surface area (Å²) < 4.78 is 2.09. The van der Waals surface area contributed by atoms with E-state index in [4.69, 9.17) is 0 Å². The number of anilines is 2. The van der Waals surface area contributed by atoms with Gasteiger partial charge in [0, 0.05) is 63.5 Å². The molecule has 2 aliphatic heterocycles. The third-order valence-electron chi connectivity index (χ3n) is 5.31. The summed E-state index contributed by atoms with van der Waals surface area (Å²) in [6.07, 6.45) is 4.26. The van der Waals surface area contributed by atoms with E-state index in [0.29, 0.717) is 24.3 Å². The van der Waals surface area contributed by atoms with Gasteiger partial charge in [0.25, 0.3) is 5.91 Å². The summed E-state index contributed by atoms with van der Waals surface area (Å²) in [7, 11) is 0. The molecular formula is C20H23N5O3. The van der Waals surface area contributed by atoms with Crippen molar-refractivity contribution in [2.45, 2.75) is 26.3 Å². The highest BCUT2D eigenvalue weighted by atomic mass is 16.2. The summed E-state index contributed by atoms with van der Waals surface area (Å²) in [5.74, 6) is 0.527. The number of carbonyl (C=O) groups is 3. The Labute approximate surface area is 163 Å². The van der Waals surface area contributed by atoms with E-state index in [2.05, 4.69) is 21.4 Å². The van der Waals surface area contributed by atoms with Gasteiger partial charge in [0.1, 0.15) is 0 Å². The fraction of sp³-hybridized carbons (Fsp3) is 0.400. The molecule has 0 saturated carbocycles. The minimum Gasteiger partial charge on any atom is -0.339 e. The number of nitrogens with zero attached hydrogens (tertiary/aromatic N) is 5. The molecule has 2 saturated heterocycles. The fourth-order valence-corrected chi connectivity index (χ4v) is 3.74. The lowest BCUT2D eigenvalue weighted by Gasteiger charge is -2.35. The molecule has 0 bridgehead atoms. The zero-order chi connectivity index (χ0) is 19.7. The highest BCUT2D eigenvalue weighted by Crippen LogP contribution is 2.23. The lowest BCUT2D eigenvalue weighted by molar-refractivity contribution is -0.121. The molecule has 1 aromatic heterocycles. The van der Waals surface area contributed by atoms with E-state index in [1.165, 1.54) is 4.90 Å². The van der Waals surface area contributed by atoms with Gasteiger partial charge in [0.05, 0.1) is 5.69 Å². The van der Waals surface area contributed by atoms with Crippen LogP contribution in [-0.2, 0) is 16.1 Å². The van der Waals surface area contributed by atoms with Crippen molar-refractivity contribution in [3.05, 3.63) is 42.2 Å². The number of imidazole rings is 1. The number of benzene rings is 1. The van der Waals surface area contributed by atoms with Crippen LogP contribution in [0.5, 0.6) is 0 Å². The van der Waals surface area contributed by atoms with Crippen molar-refractivity contribution in [1.82, 2.24) is 14.5 Å². The van der Waals surface area contributed by atoms with Gasteiger partial charge in [-0.2, -0.15) is 0 Å². The molecule has 8 heteroatoms. The molecule has 2 aliphatic rings. The van der Waals surface area contributed by atoms with Crippen molar-refractivity contribution in [3.8, 4) is 0 Å². The average Bonchev–Trinajstić information content (AvgIpc) is 3.34. The maximum atomic E-state index is 12.8. The first-order chi connectivity index (χ1) is 13.6. The zero-order valence-electron chi connectivity index (χ0n) is 15.9. The van der Waals surface area contributed by atoms with Crippen LogP contribution in [0, 0.1) is 0 Å². The second kappa shape index (κ2) is 7.46. The number of hydrogen-bond acceptors (Lipinski definition) is 5. The van der Waals surface area contributed by atoms with Crippen molar-refractivity contribution < 1.29 is 14.4 Å². The van der Waals surface area contributed by atoms with Crippen LogP contribution in [0.4, 0.5) is 11.6 Å². The van der Waals surface area contributed by atoms with Crippen molar-refractivity contribution in [1.29, 1.82) is 0 Å². The van der Waals surface area contributed by atoms with Crippen molar-refractivity contribution in [2.75, 3.05) is 36.0 Å². The Morgan fingerprint density at radius 3 is 2.25 bits per heavy atom. The number of amides is 3. The normalized spacial score (nSPS) is 17.5. The molecule has 3 amide bonds. The highest BCUT2D eigenvalue weighted by Gasteiger charge is 2.30. The summed E-state index contributed by atoms with van der Waals surface area (Å²) in [5.41, 5.74) is 1.09. The molecule has 3 heterocycles. The van der Waals surface area contributed by atoms with Gasteiger partial charge in [0.2, 0.25) is 17.8 Å². The van der Waals surface area contributed by atoms with Gasteiger partial charge in [-0.15, -0.1) is 0 Å². The van der Waals surface area contributed by atoms with Gasteiger partial charge in [-0.3, -0.25) is 19.3 Å². The number of rotatable bonds is 4. The monoisotopic (exact) mass is 381 g/mol. The van der Waals surface area contributed by atoms with Gasteiger partial charge >= 0.3 is 0 Å². The summed E-state index contributed by atoms with van der Waals surface area (Å²) in [4.78, 5) is 46.2. The Hall–Kier alpha value is -3.16. The first-order valence-corrected chi connectivity index (χ1v) is 9.59. The largest absolute Gasteiger partial charge is 0.339 e. The molecule has 8 nitrogen and oxygen atoms in total. The summed E-state index contributed by atoms with van der Waals surface area (Å²) >= 11 is 0. The third kappa shape index (κ3) is 3.26. The van der Waals surface area contributed by atoms with Crippen molar-refractivity contribution in [2.24, 2.45) is 0 Å². The number of aromatic nitrogens is 2. The van der Waals surface area contributed by atoms with Gasteiger partial charge < -0.3 is 14.4 Å². The van der Waals surface area contributed by atoms with Crippen molar-refractivity contribution >= 4 is 29.4 Å². The molecule has 0 aliphatic carbocycles. The number of imide groups is 1. The van der Waals surface area contributed by atoms with E-state index >= 15 is 0 Å². The lowest BCUT2D eigenvalue weighted by atomic mass is 10.1. The van der Waals surface area contributed by atoms with Gasteiger partial charge in [0.15, 0.2) is 0 Å². The Balaban J connectivity index is 1.40. The first-order valence-electron chi connectivity index (χ1n) is 9.59. The fourth-order valence-electron chi connectivity index (χ4n) is 3.74. The van der Waals surface area contributed by atoms with E-state index < -0.39 is 0 Å². The molecule has 146 valence electrons.